The number of rotatable bonds is 8. The Morgan fingerprint density at radius 2 is 1.00 bits per heavy atom. The van der Waals surface area contributed by atoms with E-state index in [-0.39, 0.29) is 152 Å². The predicted molar refractivity (Wildman–Crippen MR) is 191 cm³/mol. The minimum absolute atomic E-state index is 0. The van der Waals surface area contributed by atoms with E-state index in [0.29, 0.717) is 57.4 Å². The van der Waals surface area contributed by atoms with Gasteiger partial charge in [0.05, 0.1) is 11.9 Å². The van der Waals surface area contributed by atoms with Gasteiger partial charge in [0.2, 0.25) is 0 Å². The van der Waals surface area contributed by atoms with Crippen molar-refractivity contribution in [2.45, 2.75) is 26.7 Å². The molecule has 56 heavy (non-hydrogen) atoms. The van der Waals surface area contributed by atoms with Crippen LogP contribution in [0.1, 0.15) is 68.8 Å². The molecule has 0 saturated heterocycles. The van der Waals surface area contributed by atoms with E-state index >= 15 is 0 Å². The molecule has 0 amide bonds. The van der Waals surface area contributed by atoms with Crippen LogP contribution in [-0.4, -0.2) is 23.5 Å². The second-order valence-corrected chi connectivity index (χ2v) is 11.8. The number of carbonyl (C=O) groups excluding carboxylic acids is 4. The summed E-state index contributed by atoms with van der Waals surface area (Å²) in [6.07, 6.45) is 12.2. The molecule has 2 aliphatic carbocycles. The van der Waals surface area contributed by atoms with Gasteiger partial charge >= 0.3 is 118 Å². The number of hydrogen-bond donors (Lipinski definition) is 0. The van der Waals surface area contributed by atoms with E-state index in [1.165, 1.54) is 48.6 Å². The van der Waals surface area contributed by atoms with Crippen LogP contribution in [0.25, 0.3) is 11.1 Å². The number of carboxylic acids is 2. The van der Waals surface area contributed by atoms with Crippen molar-refractivity contribution in [3.63, 3.8) is 0 Å². The quantitative estimate of drug-likeness (QED) is 0.160. The standard InChI is InChI=1S/C24H22O4.C20H14O4.4Na/c1-3-15-13-17(9-11-21(15)25)23(18-10-12-22(26)16(4-2)14-18)19-7-5-6-8-20(19)24(27)28;21-15-9-5-13(6-10-15)19(14-7-11-16(22)12-8-14)17-3-1-2-4-18(17)20(23)24;;;;/h5-14,25H,3-4H2,1-2H3,(H,27,28);1-12,21H,(H,23,24);;;;/q;;4*+1/p-4/b23-18-;;;;;. The summed E-state index contributed by atoms with van der Waals surface area (Å²) in [7, 11) is 0. The van der Waals surface area contributed by atoms with Crippen LogP contribution >= 0.6 is 0 Å². The summed E-state index contributed by atoms with van der Waals surface area (Å²) in [5, 5.41) is 46.6. The fourth-order valence-corrected chi connectivity index (χ4v) is 5.98. The van der Waals surface area contributed by atoms with Crippen molar-refractivity contribution in [2.75, 3.05) is 0 Å². The molecule has 260 valence electrons. The van der Waals surface area contributed by atoms with Gasteiger partial charge in [0.1, 0.15) is 0 Å². The second kappa shape index (κ2) is 24.2. The van der Waals surface area contributed by atoms with Crippen LogP contribution < -0.4 is 139 Å². The molecule has 8 nitrogen and oxygen atoms in total. The molecule has 0 aliphatic heterocycles. The molecular formula is C44H32Na4O8. The number of hydrogen-bond acceptors (Lipinski definition) is 8. The molecular weight excluding hydrogens is 748 g/mol. The van der Waals surface area contributed by atoms with Crippen LogP contribution in [0.4, 0.5) is 0 Å². The Bertz CT molecular complexity index is 2260. The van der Waals surface area contributed by atoms with Gasteiger partial charge in [-0.05, 0) is 87.3 Å². The molecule has 0 heterocycles. The van der Waals surface area contributed by atoms with Crippen molar-refractivity contribution < 1.29 is 158 Å². The van der Waals surface area contributed by atoms with Gasteiger partial charge in [-0.2, -0.15) is 0 Å². The van der Waals surface area contributed by atoms with E-state index in [1.807, 2.05) is 13.8 Å². The maximum absolute atomic E-state index is 12.1. The third kappa shape index (κ3) is 12.6. The van der Waals surface area contributed by atoms with E-state index in [4.69, 9.17) is 0 Å². The largest absolute Gasteiger partial charge is 1.00 e. The summed E-state index contributed by atoms with van der Waals surface area (Å²) < 4.78 is 0. The zero-order valence-corrected chi connectivity index (χ0v) is 40.4. The topological polar surface area (TPSA) is 161 Å². The molecule has 4 aromatic carbocycles. The number of carbonyl (C=O) groups is 4. The Balaban J connectivity index is 0.000000527. The number of benzene rings is 4. The Hall–Kier alpha value is -2.80. The number of carboxylic acid groups (broad SMARTS) is 2. The summed E-state index contributed by atoms with van der Waals surface area (Å²) in [6.45, 7) is 3.80. The number of allylic oxidation sites excluding steroid dienone is 10. The molecule has 2 aliphatic rings. The van der Waals surface area contributed by atoms with Crippen molar-refractivity contribution in [1.29, 1.82) is 0 Å². The van der Waals surface area contributed by atoms with E-state index < -0.39 is 11.9 Å². The van der Waals surface area contributed by atoms with Crippen molar-refractivity contribution in [3.05, 3.63) is 189 Å². The molecule has 0 aromatic heterocycles. The average molecular weight is 781 g/mol. The molecule has 0 fully saturated rings. The number of aromatic carboxylic acids is 2. The minimum Gasteiger partial charge on any atom is -0.872 e. The monoisotopic (exact) mass is 780 g/mol. The maximum atomic E-state index is 12.1. The van der Waals surface area contributed by atoms with E-state index in [9.17, 15) is 39.6 Å². The van der Waals surface area contributed by atoms with Crippen LogP contribution in [0.15, 0.2) is 150 Å². The first-order valence-corrected chi connectivity index (χ1v) is 16.5. The smallest absolute Gasteiger partial charge is 0.872 e. The van der Waals surface area contributed by atoms with E-state index in [1.54, 1.807) is 85.0 Å². The third-order valence-corrected chi connectivity index (χ3v) is 8.58. The van der Waals surface area contributed by atoms with Gasteiger partial charge in [-0.25, -0.2) is 0 Å². The molecule has 0 atom stereocenters. The van der Waals surface area contributed by atoms with Crippen LogP contribution in [-0.2, 0) is 16.0 Å². The van der Waals surface area contributed by atoms with Gasteiger partial charge in [0.25, 0.3) is 0 Å². The molecule has 0 radical (unpaired) electrons. The van der Waals surface area contributed by atoms with Crippen LogP contribution in [0.5, 0.6) is 11.5 Å². The summed E-state index contributed by atoms with van der Waals surface area (Å²) in [6, 6.07) is 24.2. The zero-order chi connectivity index (χ0) is 37.4. The van der Waals surface area contributed by atoms with Gasteiger partial charge in [0.15, 0.2) is 11.6 Å². The van der Waals surface area contributed by atoms with Gasteiger partial charge in [-0.1, -0.05) is 129 Å². The maximum Gasteiger partial charge on any atom is 1.00 e. The SMILES string of the molecule is CCC1=C/C(=C(/c2ccc([O-])c(CC)c2)c2ccccc2C(=O)[O-])C=CC1=O.O=C1C=CC(=C(c2ccc([O-])cc2)c2ccccc2C(=O)[O-])C=C1.[Na+].[Na+].[Na+].[Na+]. The van der Waals surface area contributed by atoms with Gasteiger partial charge < -0.3 is 30.0 Å². The third-order valence-electron chi connectivity index (χ3n) is 8.58. The minimum atomic E-state index is -1.29. The second-order valence-electron chi connectivity index (χ2n) is 11.8. The summed E-state index contributed by atoms with van der Waals surface area (Å²) in [4.78, 5) is 46.6. The molecule has 0 spiro atoms. The fourth-order valence-electron chi connectivity index (χ4n) is 5.98. The Morgan fingerprint density at radius 1 is 0.536 bits per heavy atom. The van der Waals surface area contributed by atoms with Crippen molar-refractivity contribution in [2.24, 2.45) is 0 Å². The molecule has 6 rings (SSSR count). The van der Waals surface area contributed by atoms with Crippen molar-refractivity contribution in [3.8, 4) is 11.5 Å². The first-order chi connectivity index (χ1) is 25.0. The molecule has 4 aromatic rings. The molecule has 0 unspecified atom stereocenters. The van der Waals surface area contributed by atoms with Gasteiger partial charge in [0, 0.05) is 11.1 Å². The van der Waals surface area contributed by atoms with E-state index in [2.05, 4.69) is 0 Å². The predicted octanol–water partition coefficient (Wildman–Crippen LogP) is -7.40. The summed E-state index contributed by atoms with van der Waals surface area (Å²) in [5.41, 5.74) is 6.46. The van der Waals surface area contributed by atoms with Crippen molar-refractivity contribution in [1.82, 2.24) is 0 Å². The van der Waals surface area contributed by atoms with Gasteiger partial charge in [-0.3, -0.25) is 9.59 Å². The fraction of sp³-hybridized carbons (Fsp3) is 0.0909. The Labute approximate surface area is 414 Å². The Morgan fingerprint density at radius 3 is 1.48 bits per heavy atom. The first kappa shape index (κ1) is 51.2. The van der Waals surface area contributed by atoms with Crippen molar-refractivity contribution >= 4 is 34.7 Å². The number of ketones is 2. The average Bonchev–Trinajstić information content (AvgIpc) is 3.15. The normalized spacial score (nSPS) is 13.3. The molecule has 0 N–H and O–H groups in total. The zero-order valence-electron chi connectivity index (χ0n) is 32.4. The van der Waals surface area contributed by atoms with Crippen LogP contribution in [0, 0.1) is 0 Å². The van der Waals surface area contributed by atoms with Crippen LogP contribution in [0.2, 0.25) is 0 Å². The molecule has 0 saturated carbocycles. The van der Waals surface area contributed by atoms with E-state index in [0.717, 1.165) is 11.1 Å². The molecule has 0 bridgehead atoms. The van der Waals surface area contributed by atoms with Gasteiger partial charge in [-0.15, -0.1) is 11.5 Å². The molecule has 12 heteroatoms. The summed E-state index contributed by atoms with van der Waals surface area (Å²) >= 11 is 0. The van der Waals surface area contributed by atoms with Crippen LogP contribution in [0.3, 0.4) is 0 Å². The Kier molecular flexibility index (Phi) is 22.1. The first-order valence-electron chi connectivity index (χ1n) is 16.5. The number of aryl methyl sites for hydroxylation is 1. The summed E-state index contributed by atoms with van der Waals surface area (Å²) in [5.74, 6) is -2.95.